The third kappa shape index (κ3) is 7.02. The van der Waals surface area contributed by atoms with Gasteiger partial charge < -0.3 is 20.1 Å². The standard InChI is InChI=1S/C20H29ClN6O.HI/c1-4-22-20(23-10-8-18-25-19(14(2)3)26-28-18)24-16-9-11-27(13-16)17-7-5-6-15(21)12-17;/h5-7,12,14,16H,4,8-11,13H2,1-3H3,(H2,22,23,24);1H. The second kappa shape index (κ2) is 11.6. The molecule has 9 heteroatoms. The van der Waals surface area contributed by atoms with Crippen LogP contribution in [-0.2, 0) is 6.42 Å². The van der Waals surface area contributed by atoms with Crippen LogP contribution in [0, 0.1) is 0 Å². The Morgan fingerprint density at radius 1 is 1.41 bits per heavy atom. The lowest BCUT2D eigenvalue weighted by Gasteiger charge is -2.20. The van der Waals surface area contributed by atoms with Crippen molar-refractivity contribution in [1.29, 1.82) is 0 Å². The Balaban J connectivity index is 0.00000300. The number of nitrogens with zero attached hydrogens (tertiary/aromatic N) is 4. The molecule has 7 nitrogen and oxygen atoms in total. The molecule has 0 spiro atoms. The predicted octanol–water partition coefficient (Wildman–Crippen LogP) is 3.84. The van der Waals surface area contributed by atoms with Gasteiger partial charge in [0.15, 0.2) is 11.8 Å². The zero-order valence-electron chi connectivity index (χ0n) is 17.2. The summed E-state index contributed by atoms with van der Waals surface area (Å²) >= 11 is 6.12. The van der Waals surface area contributed by atoms with Crippen LogP contribution >= 0.6 is 35.6 Å². The van der Waals surface area contributed by atoms with E-state index in [1.807, 2.05) is 32.0 Å². The molecule has 1 saturated heterocycles. The molecule has 0 bridgehead atoms. The van der Waals surface area contributed by atoms with Crippen molar-refractivity contribution in [3.63, 3.8) is 0 Å². The number of guanidine groups is 1. The van der Waals surface area contributed by atoms with E-state index in [9.17, 15) is 0 Å². The van der Waals surface area contributed by atoms with Crippen molar-refractivity contribution in [3.8, 4) is 0 Å². The first-order valence-electron chi connectivity index (χ1n) is 9.93. The van der Waals surface area contributed by atoms with Gasteiger partial charge in [-0.15, -0.1) is 24.0 Å². The van der Waals surface area contributed by atoms with Gasteiger partial charge in [-0.2, -0.15) is 4.98 Å². The van der Waals surface area contributed by atoms with Crippen LogP contribution in [0.25, 0.3) is 0 Å². The van der Waals surface area contributed by atoms with Gasteiger partial charge in [-0.3, -0.25) is 4.99 Å². The first-order chi connectivity index (χ1) is 13.5. The van der Waals surface area contributed by atoms with Gasteiger partial charge in [-0.1, -0.05) is 36.7 Å². The van der Waals surface area contributed by atoms with Crippen LogP contribution in [0.4, 0.5) is 5.69 Å². The van der Waals surface area contributed by atoms with Crippen LogP contribution in [0.3, 0.4) is 0 Å². The van der Waals surface area contributed by atoms with Crippen LogP contribution in [-0.4, -0.2) is 48.3 Å². The molecule has 2 aromatic rings. The highest BCUT2D eigenvalue weighted by molar-refractivity contribution is 14.0. The van der Waals surface area contributed by atoms with Crippen LogP contribution < -0.4 is 15.5 Å². The molecule has 160 valence electrons. The average Bonchev–Trinajstić information content (AvgIpc) is 3.32. The minimum absolute atomic E-state index is 0. The molecule has 2 N–H and O–H groups in total. The molecule has 1 aromatic carbocycles. The molecule has 0 amide bonds. The molecule has 1 atom stereocenters. The zero-order valence-corrected chi connectivity index (χ0v) is 20.3. The molecule has 3 rings (SSSR count). The second-order valence-electron chi connectivity index (χ2n) is 7.27. The fraction of sp³-hybridized carbons (Fsp3) is 0.550. The topological polar surface area (TPSA) is 78.6 Å². The fourth-order valence-electron chi connectivity index (χ4n) is 3.17. The van der Waals surface area contributed by atoms with Crippen molar-refractivity contribution in [1.82, 2.24) is 20.8 Å². The lowest BCUT2D eigenvalue weighted by molar-refractivity contribution is 0.372. The number of anilines is 1. The third-order valence-corrected chi connectivity index (χ3v) is 4.88. The smallest absolute Gasteiger partial charge is 0.228 e. The van der Waals surface area contributed by atoms with Crippen molar-refractivity contribution in [2.24, 2.45) is 4.99 Å². The molecular weight excluding hydrogens is 503 g/mol. The highest BCUT2D eigenvalue weighted by Gasteiger charge is 2.23. The molecule has 1 aliphatic heterocycles. The summed E-state index contributed by atoms with van der Waals surface area (Å²) in [4.78, 5) is 11.4. The van der Waals surface area contributed by atoms with Crippen LogP contribution in [0.2, 0.25) is 5.02 Å². The number of hydrogen-bond donors (Lipinski definition) is 2. The molecule has 1 aliphatic rings. The van der Waals surface area contributed by atoms with E-state index in [1.165, 1.54) is 0 Å². The molecular formula is C20H30ClIN6O. The highest BCUT2D eigenvalue weighted by Crippen LogP contribution is 2.23. The Morgan fingerprint density at radius 2 is 2.24 bits per heavy atom. The normalized spacial score (nSPS) is 16.8. The predicted molar refractivity (Wildman–Crippen MR) is 129 cm³/mol. The first kappa shape index (κ1) is 23.7. The van der Waals surface area contributed by atoms with Gasteiger partial charge in [0.25, 0.3) is 0 Å². The molecule has 1 unspecified atom stereocenters. The fourth-order valence-corrected chi connectivity index (χ4v) is 3.35. The highest BCUT2D eigenvalue weighted by atomic mass is 127. The number of benzene rings is 1. The summed E-state index contributed by atoms with van der Waals surface area (Å²) in [5, 5.41) is 11.6. The van der Waals surface area contributed by atoms with Crippen LogP contribution in [0.15, 0.2) is 33.8 Å². The summed E-state index contributed by atoms with van der Waals surface area (Å²) < 4.78 is 5.29. The van der Waals surface area contributed by atoms with Crippen LogP contribution in [0.5, 0.6) is 0 Å². The quantitative estimate of drug-likeness (QED) is 0.321. The number of nitrogens with one attached hydrogen (secondary N) is 2. The summed E-state index contributed by atoms with van der Waals surface area (Å²) in [6, 6.07) is 8.35. The molecule has 1 aromatic heterocycles. The number of aromatic nitrogens is 2. The Kier molecular flexibility index (Phi) is 9.48. The minimum atomic E-state index is 0. The Hall–Kier alpha value is -1.55. The van der Waals surface area contributed by atoms with E-state index in [0.717, 1.165) is 48.5 Å². The van der Waals surface area contributed by atoms with E-state index in [0.29, 0.717) is 24.9 Å². The van der Waals surface area contributed by atoms with Crippen molar-refractivity contribution in [3.05, 3.63) is 41.0 Å². The van der Waals surface area contributed by atoms with E-state index in [1.54, 1.807) is 0 Å². The average molecular weight is 533 g/mol. The van der Waals surface area contributed by atoms with E-state index in [-0.39, 0.29) is 29.9 Å². The Labute approximate surface area is 194 Å². The first-order valence-corrected chi connectivity index (χ1v) is 10.3. The number of halogens is 2. The molecule has 29 heavy (non-hydrogen) atoms. The molecule has 0 radical (unpaired) electrons. The maximum atomic E-state index is 6.12. The molecule has 0 saturated carbocycles. The molecule has 0 aliphatic carbocycles. The summed E-state index contributed by atoms with van der Waals surface area (Å²) in [6.07, 6.45) is 1.69. The summed E-state index contributed by atoms with van der Waals surface area (Å²) in [7, 11) is 0. The van der Waals surface area contributed by atoms with Gasteiger partial charge in [-0.05, 0) is 31.5 Å². The van der Waals surface area contributed by atoms with E-state index < -0.39 is 0 Å². The van der Waals surface area contributed by atoms with E-state index in [4.69, 9.17) is 16.1 Å². The van der Waals surface area contributed by atoms with Crippen molar-refractivity contribution < 1.29 is 4.52 Å². The number of aliphatic imine (C=N–C) groups is 1. The van der Waals surface area contributed by atoms with Crippen LogP contribution in [0.1, 0.15) is 44.8 Å². The maximum absolute atomic E-state index is 6.12. The monoisotopic (exact) mass is 532 g/mol. The lowest BCUT2D eigenvalue weighted by atomic mass is 10.2. The maximum Gasteiger partial charge on any atom is 0.228 e. The van der Waals surface area contributed by atoms with Gasteiger partial charge in [-0.25, -0.2) is 0 Å². The van der Waals surface area contributed by atoms with Crippen molar-refractivity contribution >= 4 is 47.2 Å². The Morgan fingerprint density at radius 3 is 2.93 bits per heavy atom. The largest absolute Gasteiger partial charge is 0.369 e. The number of rotatable bonds is 7. The van der Waals surface area contributed by atoms with Gasteiger partial charge in [0.2, 0.25) is 5.89 Å². The SMILES string of the molecule is CCNC(=NCCc1nc(C(C)C)no1)NC1CCN(c2cccc(Cl)c2)C1.I. The molecule has 1 fully saturated rings. The van der Waals surface area contributed by atoms with Gasteiger partial charge in [0.05, 0.1) is 6.54 Å². The third-order valence-electron chi connectivity index (χ3n) is 4.64. The number of hydrogen-bond acceptors (Lipinski definition) is 5. The van der Waals surface area contributed by atoms with Gasteiger partial charge in [0.1, 0.15) is 0 Å². The lowest BCUT2D eigenvalue weighted by Crippen LogP contribution is -2.44. The van der Waals surface area contributed by atoms with Gasteiger partial charge >= 0.3 is 0 Å². The zero-order chi connectivity index (χ0) is 19.9. The van der Waals surface area contributed by atoms with Gasteiger partial charge in [0, 0.05) is 48.7 Å². The van der Waals surface area contributed by atoms with Crippen molar-refractivity contribution in [2.45, 2.75) is 45.6 Å². The molecule has 2 heterocycles. The summed E-state index contributed by atoms with van der Waals surface area (Å²) in [6.45, 7) is 9.50. The summed E-state index contributed by atoms with van der Waals surface area (Å²) in [5.41, 5.74) is 1.16. The minimum Gasteiger partial charge on any atom is -0.369 e. The summed E-state index contributed by atoms with van der Waals surface area (Å²) in [5.74, 6) is 2.47. The van der Waals surface area contributed by atoms with E-state index >= 15 is 0 Å². The second-order valence-corrected chi connectivity index (χ2v) is 7.70. The van der Waals surface area contributed by atoms with Crippen molar-refractivity contribution in [2.75, 3.05) is 31.1 Å². The van der Waals surface area contributed by atoms with E-state index in [2.05, 4.69) is 43.7 Å². The Bertz CT molecular complexity index is 797.